The number of halogens is 1. The molecule has 140 valence electrons. The van der Waals surface area contributed by atoms with E-state index in [-0.39, 0.29) is 41.3 Å². The Kier molecular flexibility index (Phi) is 4.38. The predicted octanol–water partition coefficient (Wildman–Crippen LogP) is 2.26. The molecule has 3 unspecified atom stereocenters. The van der Waals surface area contributed by atoms with Crippen molar-refractivity contribution in [3.63, 3.8) is 0 Å². The molecule has 7 heteroatoms. The first-order valence-corrected chi connectivity index (χ1v) is 9.27. The lowest BCUT2D eigenvalue weighted by Gasteiger charge is -2.23. The fourth-order valence-electron chi connectivity index (χ4n) is 4.39. The lowest BCUT2D eigenvalue weighted by molar-refractivity contribution is -0.157. The maximum Gasteiger partial charge on any atom is 0.329 e. The number of fused-ring (bicyclic) bond motifs is 5. The molecular weight excluding hydrogens is 370 g/mol. The first kappa shape index (κ1) is 17.9. The number of rotatable bonds is 5. The molecule has 0 radical (unpaired) electrons. The van der Waals surface area contributed by atoms with E-state index >= 15 is 0 Å². The zero-order valence-corrected chi connectivity index (χ0v) is 15.4. The van der Waals surface area contributed by atoms with E-state index < -0.39 is 18.6 Å². The normalized spacial score (nSPS) is 29.2. The number of hydrogen-bond donors (Lipinski definition) is 0. The van der Waals surface area contributed by atoms with Gasteiger partial charge in [-0.15, -0.1) is 0 Å². The summed E-state index contributed by atoms with van der Waals surface area (Å²) in [6.45, 7) is 1.00. The summed E-state index contributed by atoms with van der Waals surface area (Å²) in [5.74, 6) is -2.33. The number of esters is 1. The summed E-state index contributed by atoms with van der Waals surface area (Å²) < 4.78 is 5.07. The van der Waals surface area contributed by atoms with Crippen molar-refractivity contribution in [1.82, 2.24) is 4.90 Å². The van der Waals surface area contributed by atoms with Crippen LogP contribution in [0.3, 0.4) is 0 Å². The number of ether oxygens (including phenoxy) is 1. The largest absolute Gasteiger partial charge is 0.456 e. The minimum Gasteiger partial charge on any atom is -0.456 e. The fraction of sp³-hybridized carbons (Fsp3) is 0.400. The average Bonchev–Trinajstić information content (AvgIpc) is 3.33. The van der Waals surface area contributed by atoms with Gasteiger partial charge in [-0.25, -0.2) is 4.79 Å². The number of carbonyl (C=O) groups excluding carboxylic acids is 4. The Hall–Kier alpha value is -2.47. The monoisotopic (exact) mass is 387 g/mol. The number of Topliss-reactive ketones (excluding diaryl/α,β-unsaturated/α-hetero) is 1. The Morgan fingerprint density at radius 2 is 1.67 bits per heavy atom. The van der Waals surface area contributed by atoms with Crippen LogP contribution in [0.5, 0.6) is 0 Å². The molecule has 1 aromatic carbocycles. The van der Waals surface area contributed by atoms with Crippen molar-refractivity contribution in [2.24, 2.45) is 23.7 Å². The van der Waals surface area contributed by atoms with Crippen LogP contribution >= 0.6 is 11.6 Å². The van der Waals surface area contributed by atoms with Gasteiger partial charge in [0, 0.05) is 10.6 Å². The van der Waals surface area contributed by atoms with E-state index in [1.165, 1.54) is 6.92 Å². The fourth-order valence-corrected chi connectivity index (χ4v) is 4.51. The van der Waals surface area contributed by atoms with Crippen molar-refractivity contribution in [3.8, 4) is 0 Å². The quantitative estimate of drug-likeness (QED) is 0.335. The minimum absolute atomic E-state index is 0.0798. The Bertz CT molecular complexity index is 832. The van der Waals surface area contributed by atoms with Gasteiger partial charge in [-0.2, -0.15) is 0 Å². The summed E-state index contributed by atoms with van der Waals surface area (Å²) >= 11 is 5.78. The molecule has 1 heterocycles. The maximum absolute atomic E-state index is 12.7. The summed E-state index contributed by atoms with van der Waals surface area (Å²) in [7, 11) is 0. The lowest BCUT2D eigenvalue weighted by Crippen LogP contribution is -2.45. The minimum atomic E-state index is -1.05. The number of carbonyl (C=O) groups is 4. The highest BCUT2D eigenvalue weighted by molar-refractivity contribution is 6.30. The van der Waals surface area contributed by atoms with Crippen molar-refractivity contribution in [1.29, 1.82) is 0 Å². The van der Waals surface area contributed by atoms with Gasteiger partial charge in [0.2, 0.25) is 11.8 Å². The van der Waals surface area contributed by atoms with Crippen LogP contribution in [0.1, 0.15) is 23.7 Å². The van der Waals surface area contributed by atoms with Crippen LogP contribution in [-0.4, -0.2) is 41.1 Å². The molecule has 4 rings (SSSR count). The van der Waals surface area contributed by atoms with Gasteiger partial charge in [0.1, 0.15) is 6.04 Å². The molecule has 3 aliphatic rings. The van der Waals surface area contributed by atoms with Gasteiger partial charge in [-0.3, -0.25) is 19.3 Å². The summed E-state index contributed by atoms with van der Waals surface area (Å²) in [4.78, 5) is 50.9. The number of benzene rings is 1. The van der Waals surface area contributed by atoms with E-state index in [0.717, 1.165) is 11.3 Å². The molecule has 0 aromatic heterocycles. The second kappa shape index (κ2) is 6.60. The molecule has 5 atom stereocenters. The number of amides is 2. The molecular formula is C20H18ClNO5. The van der Waals surface area contributed by atoms with Gasteiger partial charge in [-0.05, 0) is 49.4 Å². The van der Waals surface area contributed by atoms with Gasteiger partial charge >= 0.3 is 5.97 Å². The number of likely N-dealkylation sites (tertiary alicyclic amines) is 1. The van der Waals surface area contributed by atoms with E-state index in [0.29, 0.717) is 10.6 Å². The molecule has 2 fully saturated rings. The summed E-state index contributed by atoms with van der Waals surface area (Å²) in [6, 6.07) is 5.18. The van der Waals surface area contributed by atoms with E-state index in [2.05, 4.69) is 0 Å². The van der Waals surface area contributed by atoms with Gasteiger partial charge in [-0.1, -0.05) is 23.8 Å². The molecule has 2 aliphatic carbocycles. The predicted molar refractivity (Wildman–Crippen MR) is 95.8 cm³/mol. The third-order valence-electron chi connectivity index (χ3n) is 5.74. The first-order valence-electron chi connectivity index (χ1n) is 8.89. The number of ketones is 1. The van der Waals surface area contributed by atoms with Crippen LogP contribution in [-0.2, 0) is 19.1 Å². The van der Waals surface area contributed by atoms with Gasteiger partial charge in [0.05, 0.1) is 11.8 Å². The Labute approximate surface area is 161 Å². The molecule has 0 spiro atoms. The Balaban J connectivity index is 1.39. The highest BCUT2D eigenvalue weighted by Gasteiger charge is 2.60. The number of allylic oxidation sites excluding steroid dienone is 2. The number of imide groups is 1. The molecule has 6 nitrogen and oxygen atoms in total. The topological polar surface area (TPSA) is 80.8 Å². The van der Waals surface area contributed by atoms with Crippen LogP contribution in [0.15, 0.2) is 36.4 Å². The van der Waals surface area contributed by atoms with Gasteiger partial charge < -0.3 is 4.74 Å². The number of nitrogens with zero attached hydrogens (tertiary/aromatic N) is 1. The smallest absolute Gasteiger partial charge is 0.329 e. The molecule has 1 aromatic rings. The zero-order chi connectivity index (χ0) is 19.3. The van der Waals surface area contributed by atoms with Crippen molar-refractivity contribution in [3.05, 3.63) is 47.0 Å². The second-order valence-corrected chi connectivity index (χ2v) is 7.70. The highest BCUT2D eigenvalue weighted by atomic mass is 35.5. The van der Waals surface area contributed by atoms with Crippen LogP contribution in [0.2, 0.25) is 5.02 Å². The van der Waals surface area contributed by atoms with Crippen LogP contribution in [0.25, 0.3) is 0 Å². The Morgan fingerprint density at radius 3 is 2.22 bits per heavy atom. The highest BCUT2D eigenvalue weighted by Crippen LogP contribution is 2.52. The van der Waals surface area contributed by atoms with E-state index in [1.54, 1.807) is 24.3 Å². The SMILES string of the molecule is CC(C(=O)OCC(=O)c1ccc(Cl)cc1)N1C(=O)C2C(C1=O)[C@H]1C=C[C@@H]2C1. The van der Waals surface area contributed by atoms with E-state index in [1.807, 2.05) is 12.2 Å². The maximum atomic E-state index is 12.7. The molecule has 27 heavy (non-hydrogen) atoms. The molecule has 1 saturated carbocycles. The molecule has 1 aliphatic heterocycles. The van der Waals surface area contributed by atoms with Gasteiger partial charge in [0.15, 0.2) is 12.4 Å². The van der Waals surface area contributed by atoms with Crippen LogP contribution < -0.4 is 0 Å². The third kappa shape index (κ3) is 2.88. The Morgan fingerprint density at radius 1 is 1.11 bits per heavy atom. The second-order valence-electron chi connectivity index (χ2n) is 7.26. The first-order chi connectivity index (χ1) is 12.9. The average molecular weight is 388 g/mol. The third-order valence-corrected chi connectivity index (χ3v) is 6.00. The number of hydrogen-bond acceptors (Lipinski definition) is 5. The van der Waals surface area contributed by atoms with Gasteiger partial charge in [0.25, 0.3) is 0 Å². The lowest BCUT2D eigenvalue weighted by atomic mass is 9.85. The van der Waals surface area contributed by atoms with Crippen molar-refractivity contribution < 1.29 is 23.9 Å². The zero-order valence-electron chi connectivity index (χ0n) is 14.6. The summed E-state index contributed by atoms with van der Waals surface area (Å²) in [5.41, 5.74) is 0.366. The molecule has 1 saturated heterocycles. The molecule has 2 bridgehead atoms. The molecule has 0 N–H and O–H groups in total. The standard InChI is InChI=1S/C20H18ClNO5/c1-10(20(26)27-9-15(23)11-4-6-14(21)7-5-11)22-18(24)16-12-2-3-13(8-12)17(16)19(22)25/h2-7,10,12-13,16-17H,8-9H2,1H3/t10?,12-,13+,16?,17?. The van der Waals surface area contributed by atoms with Crippen molar-refractivity contribution in [2.75, 3.05) is 6.61 Å². The summed E-state index contributed by atoms with van der Waals surface area (Å²) in [6.07, 6.45) is 4.82. The van der Waals surface area contributed by atoms with Crippen molar-refractivity contribution in [2.45, 2.75) is 19.4 Å². The summed E-state index contributed by atoms with van der Waals surface area (Å²) in [5, 5.41) is 0.497. The van der Waals surface area contributed by atoms with Crippen LogP contribution in [0, 0.1) is 23.7 Å². The van der Waals surface area contributed by atoms with Crippen LogP contribution in [0.4, 0.5) is 0 Å². The van der Waals surface area contributed by atoms with E-state index in [9.17, 15) is 19.2 Å². The molecule has 2 amide bonds. The van der Waals surface area contributed by atoms with Crippen molar-refractivity contribution >= 4 is 35.2 Å². The van der Waals surface area contributed by atoms with E-state index in [4.69, 9.17) is 16.3 Å².